The smallest absolute Gasteiger partial charge is 0.255 e. The molecule has 6 N–H and O–H groups in total. The van der Waals surface area contributed by atoms with Crippen molar-refractivity contribution in [3.63, 3.8) is 0 Å². The van der Waals surface area contributed by atoms with Gasteiger partial charge in [0.2, 0.25) is 5.78 Å². The fourth-order valence-electron chi connectivity index (χ4n) is 4.61. The maximum atomic E-state index is 13.3. The molecule has 0 spiro atoms. The molecule has 3 aliphatic carbocycles. The van der Waals surface area contributed by atoms with Crippen molar-refractivity contribution in [2.75, 3.05) is 0 Å². The molecule has 1 aromatic carbocycles. The number of carbonyl (C=O) groups is 3. The highest BCUT2D eigenvalue weighted by atomic mass is 127. The minimum Gasteiger partial charge on any atom is -0.508 e. The number of primary amides is 1. The molecule has 152 valence electrons. The number of aliphatic hydroxyl groups is 3. The van der Waals surface area contributed by atoms with Gasteiger partial charge in [-0.15, -0.1) is 0 Å². The lowest BCUT2D eigenvalue weighted by atomic mass is 9.59. The monoisotopic (exact) mass is 531 g/mol. The Labute approximate surface area is 182 Å². The molecule has 4 rings (SSSR count). The average molecular weight is 532 g/mol. The molecule has 1 fully saturated rings. The lowest BCUT2D eigenvalue weighted by Crippen LogP contribution is -2.58. The molecule has 0 bridgehead atoms. The number of phenolic OH excluding ortho intramolecular Hbond substituents is 1. The predicted molar refractivity (Wildman–Crippen MR) is 109 cm³/mol. The standard InChI is InChI=1S/C19H15ClINO7/c20-8-4-9(21)14(24)12-7(8)2-5-1-6-3-10(23)13(18(22)28)17(27)19(6,29)16(26)11(5)15(12)25/h4-6,24-25,27,29H,1-3H2,(H2,22,28)/t5-,6+,19+/m1/s1. The van der Waals surface area contributed by atoms with Crippen molar-refractivity contribution in [2.45, 2.75) is 24.9 Å². The van der Waals surface area contributed by atoms with Crippen LogP contribution in [-0.2, 0) is 20.8 Å². The van der Waals surface area contributed by atoms with Gasteiger partial charge in [0.05, 0.1) is 9.13 Å². The van der Waals surface area contributed by atoms with E-state index in [0.29, 0.717) is 14.2 Å². The van der Waals surface area contributed by atoms with Crippen molar-refractivity contribution in [1.82, 2.24) is 0 Å². The van der Waals surface area contributed by atoms with E-state index in [4.69, 9.17) is 17.3 Å². The molecule has 10 heteroatoms. The average Bonchev–Trinajstić information content (AvgIpc) is 2.62. The molecule has 0 aromatic heterocycles. The summed E-state index contributed by atoms with van der Waals surface area (Å²) in [5.74, 6) is -6.51. The van der Waals surface area contributed by atoms with Gasteiger partial charge in [-0.25, -0.2) is 0 Å². The summed E-state index contributed by atoms with van der Waals surface area (Å²) in [6.45, 7) is 0. The first kappa shape index (κ1) is 20.2. The van der Waals surface area contributed by atoms with E-state index in [1.807, 2.05) is 22.6 Å². The second-order valence-electron chi connectivity index (χ2n) is 7.45. The molecule has 1 saturated carbocycles. The van der Waals surface area contributed by atoms with Crippen LogP contribution in [-0.4, -0.2) is 43.5 Å². The van der Waals surface area contributed by atoms with Crippen LogP contribution >= 0.6 is 34.2 Å². The van der Waals surface area contributed by atoms with E-state index in [-0.39, 0.29) is 36.1 Å². The number of amides is 1. The Bertz CT molecular complexity index is 1090. The quantitative estimate of drug-likeness (QED) is 0.272. The summed E-state index contributed by atoms with van der Waals surface area (Å²) in [4.78, 5) is 37.1. The first-order valence-electron chi connectivity index (χ1n) is 8.67. The third kappa shape index (κ3) is 2.57. The van der Waals surface area contributed by atoms with Gasteiger partial charge in [-0.1, -0.05) is 11.6 Å². The topological polar surface area (TPSA) is 158 Å². The Hall–Kier alpha value is -2.11. The summed E-state index contributed by atoms with van der Waals surface area (Å²) in [5.41, 5.74) is 2.03. The molecule has 0 saturated heterocycles. The molecule has 3 aliphatic rings. The van der Waals surface area contributed by atoms with Gasteiger partial charge in [0.15, 0.2) is 11.4 Å². The van der Waals surface area contributed by atoms with Gasteiger partial charge in [-0.2, -0.15) is 0 Å². The third-order valence-electron chi connectivity index (χ3n) is 5.96. The molecule has 29 heavy (non-hydrogen) atoms. The molecule has 8 nitrogen and oxygen atoms in total. The van der Waals surface area contributed by atoms with E-state index in [1.165, 1.54) is 6.07 Å². The highest BCUT2D eigenvalue weighted by Gasteiger charge is 2.60. The molecule has 3 atom stereocenters. The van der Waals surface area contributed by atoms with Crippen LogP contribution in [0.25, 0.3) is 5.76 Å². The van der Waals surface area contributed by atoms with Crippen LogP contribution in [0.2, 0.25) is 5.02 Å². The zero-order valence-electron chi connectivity index (χ0n) is 14.7. The Morgan fingerprint density at radius 1 is 1.24 bits per heavy atom. The maximum absolute atomic E-state index is 13.3. The largest absolute Gasteiger partial charge is 0.508 e. The number of Topliss-reactive ketones (excluding diaryl/α,β-unsaturated/α-hetero) is 2. The Morgan fingerprint density at radius 3 is 2.52 bits per heavy atom. The number of ketones is 2. The minimum absolute atomic E-state index is 0.00553. The van der Waals surface area contributed by atoms with Crippen molar-refractivity contribution in [2.24, 2.45) is 17.6 Å². The van der Waals surface area contributed by atoms with Crippen molar-refractivity contribution in [1.29, 1.82) is 0 Å². The number of nitrogens with two attached hydrogens (primary N) is 1. The van der Waals surface area contributed by atoms with Crippen LogP contribution in [0.5, 0.6) is 5.75 Å². The van der Waals surface area contributed by atoms with E-state index in [0.717, 1.165) is 0 Å². The highest BCUT2D eigenvalue weighted by Crippen LogP contribution is 2.53. The molecule has 0 radical (unpaired) electrons. The number of rotatable bonds is 1. The van der Waals surface area contributed by atoms with Gasteiger partial charge in [-0.3, -0.25) is 14.4 Å². The number of benzene rings is 1. The van der Waals surface area contributed by atoms with Crippen LogP contribution in [0.4, 0.5) is 0 Å². The normalized spacial score (nSPS) is 28.8. The van der Waals surface area contributed by atoms with Crippen LogP contribution < -0.4 is 5.73 Å². The van der Waals surface area contributed by atoms with Gasteiger partial charge in [0, 0.05) is 22.9 Å². The molecule has 0 aliphatic heterocycles. The first-order chi connectivity index (χ1) is 13.5. The van der Waals surface area contributed by atoms with Gasteiger partial charge >= 0.3 is 0 Å². The lowest BCUT2D eigenvalue weighted by molar-refractivity contribution is -0.147. The number of aromatic hydroxyl groups is 1. The molecule has 0 unspecified atom stereocenters. The van der Waals surface area contributed by atoms with E-state index < -0.39 is 52.0 Å². The van der Waals surface area contributed by atoms with E-state index in [1.54, 1.807) is 0 Å². The molecular formula is C19H15ClINO7. The van der Waals surface area contributed by atoms with E-state index in [2.05, 4.69) is 0 Å². The highest BCUT2D eigenvalue weighted by molar-refractivity contribution is 14.1. The third-order valence-corrected chi connectivity index (χ3v) is 7.12. The molecule has 1 amide bonds. The summed E-state index contributed by atoms with van der Waals surface area (Å²) in [7, 11) is 0. The number of hydrogen-bond donors (Lipinski definition) is 5. The Kier molecular flexibility index (Phi) is 4.48. The zero-order chi connectivity index (χ0) is 21.4. The number of aliphatic hydroxyl groups excluding tert-OH is 2. The maximum Gasteiger partial charge on any atom is 0.255 e. The lowest BCUT2D eigenvalue weighted by Gasteiger charge is -2.46. The van der Waals surface area contributed by atoms with E-state index in [9.17, 15) is 34.8 Å². The van der Waals surface area contributed by atoms with Gasteiger partial charge < -0.3 is 26.2 Å². The number of hydrogen-bond acceptors (Lipinski definition) is 7. The zero-order valence-corrected chi connectivity index (χ0v) is 17.6. The Morgan fingerprint density at radius 2 is 1.90 bits per heavy atom. The van der Waals surface area contributed by atoms with Crippen molar-refractivity contribution < 1.29 is 34.8 Å². The number of carbonyl (C=O) groups excluding carboxylic acids is 3. The first-order valence-corrected chi connectivity index (χ1v) is 10.1. The van der Waals surface area contributed by atoms with Crippen LogP contribution in [0.3, 0.4) is 0 Å². The summed E-state index contributed by atoms with van der Waals surface area (Å²) >= 11 is 8.11. The summed E-state index contributed by atoms with van der Waals surface area (Å²) in [6.07, 6.45) is -0.0860. The van der Waals surface area contributed by atoms with Crippen LogP contribution in [0, 0.1) is 15.4 Å². The summed E-state index contributed by atoms with van der Waals surface area (Å²) < 4.78 is 0.360. The molecular weight excluding hydrogens is 517 g/mol. The number of phenols is 1. The Balaban J connectivity index is 1.96. The SMILES string of the molecule is NC(=O)C1=C(O)[C@@]2(O)C(=O)C3=C(O)c4c(O)c(I)cc(Cl)c4C[C@H]3C[C@H]2CC1=O. The fourth-order valence-corrected chi connectivity index (χ4v) is 5.66. The minimum atomic E-state index is -2.56. The second-order valence-corrected chi connectivity index (χ2v) is 9.02. The van der Waals surface area contributed by atoms with Crippen molar-refractivity contribution in [3.05, 3.63) is 42.7 Å². The van der Waals surface area contributed by atoms with Crippen LogP contribution in [0.15, 0.2) is 23.0 Å². The van der Waals surface area contributed by atoms with Gasteiger partial charge in [-0.05, 0) is 53.0 Å². The molecule has 0 heterocycles. The van der Waals surface area contributed by atoms with Crippen LogP contribution in [0.1, 0.15) is 24.0 Å². The number of halogens is 2. The molecule has 1 aromatic rings. The fraction of sp³-hybridized carbons (Fsp3) is 0.316. The summed E-state index contributed by atoms with van der Waals surface area (Å²) in [5, 5.41) is 43.1. The van der Waals surface area contributed by atoms with Crippen molar-refractivity contribution in [3.8, 4) is 5.75 Å². The summed E-state index contributed by atoms with van der Waals surface area (Å²) in [6, 6.07) is 1.54. The predicted octanol–water partition coefficient (Wildman–Crippen LogP) is 1.68. The van der Waals surface area contributed by atoms with Gasteiger partial charge in [0.25, 0.3) is 5.91 Å². The van der Waals surface area contributed by atoms with Gasteiger partial charge in [0.1, 0.15) is 22.8 Å². The second kappa shape index (κ2) is 6.44. The number of fused-ring (bicyclic) bond motifs is 3. The van der Waals surface area contributed by atoms with Crippen molar-refractivity contribution >= 4 is 57.4 Å². The van der Waals surface area contributed by atoms with E-state index >= 15 is 0 Å².